The molecule has 0 saturated carbocycles. The first kappa shape index (κ1) is 16.7. The SMILES string of the molecule is COc1cc2c(cc1OC)CN(CC(O)c1ccccc1F)CC2. The number of halogens is 1. The number of ether oxygens (including phenoxy) is 2. The summed E-state index contributed by atoms with van der Waals surface area (Å²) in [5, 5.41) is 10.4. The summed E-state index contributed by atoms with van der Waals surface area (Å²) < 4.78 is 24.5. The van der Waals surface area contributed by atoms with Gasteiger partial charge in [0.25, 0.3) is 0 Å². The minimum Gasteiger partial charge on any atom is -0.493 e. The maximum Gasteiger partial charge on any atom is 0.161 e. The largest absolute Gasteiger partial charge is 0.493 e. The zero-order valence-electron chi connectivity index (χ0n) is 14.0. The lowest BCUT2D eigenvalue weighted by molar-refractivity contribution is 0.103. The Morgan fingerprint density at radius 2 is 1.79 bits per heavy atom. The molecule has 0 aliphatic carbocycles. The zero-order chi connectivity index (χ0) is 17.1. The van der Waals surface area contributed by atoms with E-state index in [-0.39, 0.29) is 5.82 Å². The van der Waals surface area contributed by atoms with Crippen molar-refractivity contribution in [2.45, 2.75) is 19.1 Å². The van der Waals surface area contributed by atoms with Crippen LogP contribution in [-0.4, -0.2) is 37.3 Å². The second-order valence-corrected chi connectivity index (χ2v) is 6.00. The Morgan fingerprint density at radius 1 is 1.12 bits per heavy atom. The third-order valence-corrected chi connectivity index (χ3v) is 4.49. The van der Waals surface area contributed by atoms with E-state index in [1.807, 2.05) is 12.1 Å². The van der Waals surface area contributed by atoms with E-state index in [9.17, 15) is 9.50 Å². The van der Waals surface area contributed by atoms with Crippen molar-refractivity contribution >= 4 is 0 Å². The molecule has 0 amide bonds. The van der Waals surface area contributed by atoms with Gasteiger partial charge in [-0.1, -0.05) is 18.2 Å². The summed E-state index contributed by atoms with van der Waals surface area (Å²) in [7, 11) is 3.25. The van der Waals surface area contributed by atoms with Crippen LogP contribution < -0.4 is 9.47 Å². The van der Waals surface area contributed by atoms with Crippen LogP contribution in [0.2, 0.25) is 0 Å². The quantitative estimate of drug-likeness (QED) is 0.915. The fourth-order valence-electron chi connectivity index (χ4n) is 3.19. The Bertz CT molecular complexity index is 720. The number of β-amino-alcohol motifs (C(OH)–C–C–N with tert-alkyl or cyclic N) is 1. The van der Waals surface area contributed by atoms with Crippen molar-refractivity contribution in [2.75, 3.05) is 27.3 Å². The van der Waals surface area contributed by atoms with Gasteiger partial charge in [-0.3, -0.25) is 4.90 Å². The van der Waals surface area contributed by atoms with Crippen molar-refractivity contribution in [3.05, 3.63) is 58.9 Å². The monoisotopic (exact) mass is 331 g/mol. The lowest BCUT2D eigenvalue weighted by Gasteiger charge is -2.31. The molecule has 128 valence electrons. The van der Waals surface area contributed by atoms with Gasteiger partial charge < -0.3 is 14.6 Å². The van der Waals surface area contributed by atoms with Crippen molar-refractivity contribution in [1.82, 2.24) is 4.90 Å². The Morgan fingerprint density at radius 3 is 2.46 bits per heavy atom. The number of aliphatic hydroxyl groups is 1. The molecule has 2 aromatic rings. The molecule has 2 aromatic carbocycles. The van der Waals surface area contributed by atoms with Gasteiger partial charge in [0, 0.05) is 25.2 Å². The highest BCUT2D eigenvalue weighted by Gasteiger charge is 2.22. The predicted molar refractivity (Wildman–Crippen MR) is 89.9 cm³/mol. The predicted octanol–water partition coefficient (Wildman–Crippen LogP) is 2.93. The molecule has 0 fully saturated rings. The fourth-order valence-corrected chi connectivity index (χ4v) is 3.19. The van der Waals surface area contributed by atoms with Crippen LogP contribution in [0.5, 0.6) is 11.5 Å². The van der Waals surface area contributed by atoms with Gasteiger partial charge in [0.2, 0.25) is 0 Å². The van der Waals surface area contributed by atoms with Crippen molar-refractivity contribution < 1.29 is 19.0 Å². The normalized spacial score (nSPS) is 15.7. The van der Waals surface area contributed by atoms with Crippen molar-refractivity contribution in [3.63, 3.8) is 0 Å². The number of fused-ring (bicyclic) bond motifs is 1. The number of nitrogens with zero attached hydrogens (tertiary/aromatic N) is 1. The topological polar surface area (TPSA) is 41.9 Å². The van der Waals surface area contributed by atoms with Gasteiger partial charge >= 0.3 is 0 Å². The van der Waals surface area contributed by atoms with E-state index in [4.69, 9.17) is 9.47 Å². The average molecular weight is 331 g/mol. The van der Waals surface area contributed by atoms with Gasteiger partial charge in [-0.05, 0) is 35.7 Å². The number of methoxy groups -OCH3 is 2. The summed E-state index contributed by atoms with van der Waals surface area (Å²) in [5.41, 5.74) is 2.72. The van der Waals surface area contributed by atoms with Gasteiger partial charge in [0.1, 0.15) is 5.82 Å². The molecule has 5 heteroatoms. The third-order valence-electron chi connectivity index (χ3n) is 4.49. The second kappa shape index (κ2) is 7.20. The second-order valence-electron chi connectivity index (χ2n) is 6.00. The smallest absolute Gasteiger partial charge is 0.161 e. The maximum absolute atomic E-state index is 13.8. The van der Waals surface area contributed by atoms with Crippen molar-refractivity contribution in [3.8, 4) is 11.5 Å². The van der Waals surface area contributed by atoms with Crippen LogP contribution in [0.3, 0.4) is 0 Å². The molecule has 0 aromatic heterocycles. The minimum absolute atomic E-state index is 0.343. The summed E-state index contributed by atoms with van der Waals surface area (Å²) in [5.74, 6) is 1.07. The summed E-state index contributed by atoms with van der Waals surface area (Å²) >= 11 is 0. The first-order valence-corrected chi connectivity index (χ1v) is 8.01. The molecule has 0 spiro atoms. The third kappa shape index (κ3) is 3.37. The van der Waals surface area contributed by atoms with Crippen LogP contribution >= 0.6 is 0 Å². The molecule has 1 N–H and O–H groups in total. The summed E-state index contributed by atoms with van der Waals surface area (Å²) in [4.78, 5) is 2.13. The van der Waals surface area contributed by atoms with Crippen molar-refractivity contribution in [2.24, 2.45) is 0 Å². The first-order chi connectivity index (χ1) is 11.6. The highest BCUT2D eigenvalue weighted by atomic mass is 19.1. The average Bonchev–Trinajstić information content (AvgIpc) is 2.60. The number of hydrogen-bond acceptors (Lipinski definition) is 4. The first-order valence-electron chi connectivity index (χ1n) is 8.01. The van der Waals surface area contributed by atoms with E-state index in [2.05, 4.69) is 4.90 Å². The zero-order valence-corrected chi connectivity index (χ0v) is 14.0. The lowest BCUT2D eigenvalue weighted by Crippen LogP contribution is -2.34. The van der Waals surface area contributed by atoms with E-state index in [0.29, 0.717) is 24.4 Å². The van der Waals surface area contributed by atoms with Gasteiger partial charge in [-0.15, -0.1) is 0 Å². The highest BCUT2D eigenvalue weighted by molar-refractivity contribution is 5.48. The van der Waals surface area contributed by atoms with E-state index in [1.165, 1.54) is 11.6 Å². The van der Waals surface area contributed by atoms with Gasteiger partial charge in [0.15, 0.2) is 11.5 Å². The molecule has 1 atom stereocenters. The van der Waals surface area contributed by atoms with Crippen LogP contribution in [0.15, 0.2) is 36.4 Å². The molecule has 1 aliphatic heterocycles. The van der Waals surface area contributed by atoms with E-state index < -0.39 is 6.10 Å². The molecule has 0 radical (unpaired) electrons. The molecule has 4 nitrogen and oxygen atoms in total. The molecule has 1 unspecified atom stereocenters. The van der Waals surface area contributed by atoms with E-state index in [0.717, 1.165) is 24.3 Å². The Labute approximate surface area is 141 Å². The van der Waals surface area contributed by atoms with Gasteiger partial charge in [-0.2, -0.15) is 0 Å². The minimum atomic E-state index is -0.840. The molecule has 1 aliphatic rings. The molecule has 0 bridgehead atoms. The van der Waals surface area contributed by atoms with Gasteiger partial charge in [-0.25, -0.2) is 4.39 Å². The summed E-state index contributed by atoms with van der Waals surface area (Å²) in [6, 6.07) is 10.4. The molecule has 3 rings (SSSR count). The van der Waals surface area contributed by atoms with Gasteiger partial charge in [0.05, 0.1) is 20.3 Å². The van der Waals surface area contributed by atoms with Crippen LogP contribution in [-0.2, 0) is 13.0 Å². The molecule has 24 heavy (non-hydrogen) atoms. The Kier molecular flexibility index (Phi) is 5.02. The van der Waals surface area contributed by atoms with Crippen LogP contribution in [0.25, 0.3) is 0 Å². The molecule has 0 saturated heterocycles. The molecular formula is C19H22FNO3. The van der Waals surface area contributed by atoms with Crippen molar-refractivity contribution in [1.29, 1.82) is 0 Å². The lowest BCUT2D eigenvalue weighted by atomic mass is 9.98. The van der Waals surface area contributed by atoms with Crippen LogP contribution in [0, 0.1) is 5.82 Å². The summed E-state index contributed by atoms with van der Waals surface area (Å²) in [6.45, 7) is 1.91. The Hall–Kier alpha value is -2.11. The number of aliphatic hydroxyl groups excluding tert-OH is 1. The molecule has 1 heterocycles. The van der Waals surface area contributed by atoms with E-state index >= 15 is 0 Å². The highest BCUT2D eigenvalue weighted by Crippen LogP contribution is 2.33. The number of rotatable bonds is 5. The number of hydrogen-bond donors (Lipinski definition) is 1. The maximum atomic E-state index is 13.8. The number of benzene rings is 2. The van der Waals surface area contributed by atoms with Crippen LogP contribution in [0.4, 0.5) is 4.39 Å². The summed E-state index contributed by atoms with van der Waals surface area (Å²) in [6.07, 6.45) is 0.0209. The van der Waals surface area contributed by atoms with Crippen LogP contribution in [0.1, 0.15) is 22.8 Å². The van der Waals surface area contributed by atoms with E-state index in [1.54, 1.807) is 32.4 Å². The fraction of sp³-hybridized carbons (Fsp3) is 0.368. The standard InChI is InChI=1S/C19H22FNO3/c1-23-18-9-13-7-8-21(11-14(13)10-19(18)24-2)12-17(22)15-5-3-4-6-16(15)20/h3-6,9-10,17,22H,7-8,11-12H2,1-2H3. The molecular weight excluding hydrogens is 309 g/mol. The Balaban J connectivity index is 1.74.